The van der Waals surface area contributed by atoms with Crippen LogP contribution in [0, 0.1) is 20.8 Å². The second-order valence-electron chi connectivity index (χ2n) is 7.74. The summed E-state index contributed by atoms with van der Waals surface area (Å²) in [6.07, 6.45) is 1.97. The van der Waals surface area contributed by atoms with Crippen molar-refractivity contribution in [2.24, 2.45) is 0 Å². The second-order valence-corrected chi connectivity index (χ2v) is 10.3. The van der Waals surface area contributed by atoms with Crippen LogP contribution in [0.2, 0.25) is 0 Å². The Kier molecular flexibility index (Phi) is 6.75. The van der Waals surface area contributed by atoms with Gasteiger partial charge < -0.3 is 5.32 Å². The van der Waals surface area contributed by atoms with Crippen LogP contribution >= 0.6 is 23.7 Å². The summed E-state index contributed by atoms with van der Waals surface area (Å²) in [4.78, 5) is 17.7. The van der Waals surface area contributed by atoms with Crippen LogP contribution in [0.5, 0.6) is 0 Å². The maximum absolute atomic E-state index is 12.7. The van der Waals surface area contributed by atoms with Gasteiger partial charge in [0.2, 0.25) is 5.95 Å². The number of aryl methyl sites for hydroxylation is 3. The summed E-state index contributed by atoms with van der Waals surface area (Å²) in [6.45, 7) is 5.53. The number of fused-ring (bicyclic) bond motifs is 1. The van der Waals surface area contributed by atoms with Crippen molar-refractivity contribution < 1.29 is 8.42 Å². The fourth-order valence-electron chi connectivity index (χ4n) is 3.65. The molecule has 0 amide bonds. The monoisotopic (exact) mass is 527 g/mol. The first-order chi connectivity index (χ1) is 16.3. The van der Waals surface area contributed by atoms with Crippen molar-refractivity contribution in [2.75, 3.05) is 10.0 Å². The number of benzene rings is 1. The van der Waals surface area contributed by atoms with E-state index >= 15 is 0 Å². The van der Waals surface area contributed by atoms with Gasteiger partial charge in [0.1, 0.15) is 11.3 Å². The molecular weight excluding hydrogens is 506 g/mol. The van der Waals surface area contributed by atoms with Gasteiger partial charge in [-0.15, -0.1) is 23.7 Å². The van der Waals surface area contributed by atoms with Gasteiger partial charge in [-0.1, -0.05) is 6.07 Å². The van der Waals surface area contributed by atoms with Crippen LogP contribution in [-0.4, -0.2) is 32.8 Å². The van der Waals surface area contributed by atoms with E-state index in [9.17, 15) is 8.42 Å². The summed E-state index contributed by atoms with van der Waals surface area (Å²) in [5.74, 6) is 0.0534. The van der Waals surface area contributed by atoms with Crippen LogP contribution in [0.1, 0.15) is 17.1 Å². The molecule has 0 saturated carbocycles. The minimum Gasteiger partial charge on any atom is -0.332 e. The molecule has 0 bridgehead atoms. The van der Waals surface area contributed by atoms with Crippen LogP contribution in [0.3, 0.4) is 0 Å². The molecule has 12 heteroatoms. The standard InChI is InChI=1S/C23H21N7O2S2.ClH/c1-14-12-15(2)25-22(24-14)29-34(31,32)18-9-7-17(8-10-18)27-23-28-19(13-33-23)21-16(3)26-20-6-4-5-11-30(20)21;/h4-13H,1-3H3,(H,27,28)(H,24,25,29);1H. The van der Waals surface area contributed by atoms with E-state index in [1.807, 2.05) is 41.1 Å². The van der Waals surface area contributed by atoms with Gasteiger partial charge in [-0.25, -0.2) is 33.1 Å². The zero-order chi connectivity index (χ0) is 23.9. The second kappa shape index (κ2) is 9.61. The number of nitrogens with zero attached hydrogens (tertiary/aromatic N) is 5. The number of aromatic nitrogens is 5. The molecule has 0 fully saturated rings. The number of anilines is 3. The van der Waals surface area contributed by atoms with Crippen molar-refractivity contribution in [1.29, 1.82) is 0 Å². The van der Waals surface area contributed by atoms with Crippen LogP contribution in [-0.2, 0) is 10.0 Å². The summed E-state index contributed by atoms with van der Waals surface area (Å²) in [5.41, 5.74) is 5.63. The van der Waals surface area contributed by atoms with E-state index in [4.69, 9.17) is 4.98 Å². The molecule has 0 spiro atoms. The highest BCUT2D eigenvalue weighted by molar-refractivity contribution is 7.92. The molecule has 2 N–H and O–H groups in total. The number of thiazole rings is 1. The van der Waals surface area contributed by atoms with Crippen molar-refractivity contribution >= 4 is 56.2 Å². The van der Waals surface area contributed by atoms with E-state index < -0.39 is 10.0 Å². The smallest absolute Gasteiger partial charge is 0.264 e. The topological polar surface area (TPSA) is 114 Å². The predicted octanol–water partition coefficient (Wildman–Crippen LogP) is 5.14. The SMILES string of the molecule is Cc1cc(C)nc(NS(=O)(=O)c2ccc(Nc3nc(-c4c(C)nc5ccccn45)cs3)cc2)n1.Cl. The van der Waals surface area contributed by atoms with Gasteiger partial charge in [0.05, 0.1) is 16.3 Å². The first kappa shape index (κ1) is 24.6. The van der Waals surface area contributed by atoms with E-state index in [2.05, 4.69) is 25.0 Å². The molecule has 5 rings (SSSR count). The van der Waals surface area contributed by atoms with Crippen molar-refractivity contribution in [1.82, 2.24) is 24.3 Å². The Morgan fingerprint density at radius 3 is 2.34 bits per heavy atom. The number of rotatable bonds is 6. The molecule has 4 aromatic heterocycles. The third-order valence-corrected chi connectivity index (χ3v) is 7.18. The lowest BCUT2D eigenvalue weighted by Gasteiger charge is -2.09. The largest absolute Gasteiger partial charge is 0.332 e. The van der Waals surface area contributed by atoms with Gasteiger partial charge in [-0.3, -0.25) is 4.40 Å². The molecule has 0 aliphatic heterocycles. The maximum Gasteiger partial charge on any atom is 0.264 e. The molecule has 0 unspecified atom stereocenters. The number of nitrogens with one attached hydrogen (secondary N) is 2. The average molecular weight is 528 g/mol. The number of hydrogen-bond donors (Lipinski definition) is 2. The van der Waals surface area contributed by atoms with Gasteiger partial charge in [0, 0.05) is 28.7 Å². The van der Waals surface area contributed by atoms with E-state index in [0.717, 1.165) is 28.4 Å². The van der Waals surface area contributed by atoms with Crippen LogP contribution in [0.25, 0.3) is 17.0 Å². The van der Waals surface area contributed by atoms with Gasteiger partial charge >= 0.3 is 0 Å². The van der Waals surface area contributed by atoms with Crippen LogP contribution in [0.15, 0.2) is 65.0 Å². The molecule has 4 heterocycles. The summed E-state index contributed by atoms with van der Waals surface area (Å²) < 4.78 is 29.9. The number of pyridine rings is 1. The normalized spacial score (nSPS) is 11.3. The van der Waals surface area contributed by atoms with E-state index in [1.54, 1.807) is 32.0 Å². The summed E-state index contributed by atoms with van der Waals surface area (Å²) in [6, 6.07) is 14.1. The van der Waals surface area contributed by atoms with Gasteiger partial charge in [-0.2, -0.15) is 0 Å². The van der Waals surface area contributed by atoms with E-state index in [-0.39, 0.29) is 23.3 Å². The van der Waals surface area contributed by atoms with E-state index in [1.165, 1.54) is 23.5 Å². The lowest BCUT2D eigenvalue weighted by atomic mass is 10.3. The minimum atomic E-state index is -3.81. The Bertz CT molecular complexity index is 1590. The zero-order valence-corrected chi connectivity index (χ0v) is 21.5. The number of halogens is 1. The molecule has 0 saturated heterocycles. The summed E-state index contributed by atoms with van der Waals surface area (Å²) in [7, 11) is -3.81. The molecule has 5 aromatic rings. The molecule has 0 atom stereocenters. The lowest BCUT2D eigenvalue weighted by molar-refractivity contribution is 0.601. The van der Waals surface area contributed by atoms with Crippen LogP contribution < -0.4 is 10.0 Å². The average Bonchev–Trinajstić information content (AvgIpc) is 3.35. The maximum atomic E-state index is 12.7. The fraction of sp³-hybridized carbons (Fsp3) is 0.130. The third kappa shape index (κ3) is 5.11. The van der Waals surface area contributed by atoms with Gasteiger partial charge in [-0.05, 0) is 63.2 Å². The molecule has 0 aliphatic carbocycles. The zero-order valence-electron chi connectivity index (χ0n) is 19.1. The molecule has 180 valence electrons. The van der Waals surface area contributed by atoms with Crippen molar-refractivity contribution in [2.45, 2.75) is 25.7 Å². The first-order valence-corrected chi connectivity index (χ1v) is 12.8. The van der Waals surface area contributed by atoms with Crippen molar-refractivity contribution in [3.63, 3.8) is 0 Å². The summed E-state index contributed by atoms with van der Waals surface area (Å²) >= 11 is 1.46. The molecule has 9 nitrogen and oxygen atoms in total. The number of hydrogen-bond acceptors (Lipinski definition) is 8. The van der Waals surface area contributed by atoms with Crippen molar-refractivity contribution in [3.05, 3.63) is 77.2 Å². The third-order valence-electron chi connectivity index (χ3n) is 5.07. The lowest BCUT2D eigenvalue weighted by Crippen LogP contribution is -2.15. The highest BCUT2D eigenvalue weighted by Crippen LogP contribution is 2.30. The number of sulfonamides is 1. The Morgan fingerprint density at radius 1 is 0.914 bits per heavy atom. The molecule has 0 radical (unpaired) electrons. The molecule has 0 aliphatic rings. The van der Waals surface area contributed by atoms with Crippen LogP contribution in [0.4, 0.5) is 16.8 Å². The first-order valence-electron chi connectivity index (χ1n) is 10.4. The Labute approximate surface area is 212 Å². The Balaban J connectivity index is 0.00000289. The molecule has 35 heavy (non-hydrogen) atoms. The Hall–Kier alpha value is -3.54. The Morgan fingerprint density at radius 2 is 1.63 bits per heavy atom. The molecular formula is C23H22ClN7O2S2. The fourth-order valence-corrected chi connectivity index (χ4v) is 5.31. The van der Waals surface area contributed by atoms with E-state index in [0.29, 0.717) is 16.5 Å². The highest BCUT2D eigenvalue weighted by Gasteiger charge is 2.17. The highest BCUT2D eigenvalue weighted by atomic mass is 35.5. The number of imidazole rings is 1. The van der Waals surface area contributed by atoms with Gasteiger partial charge in [0.25, 0.3) is 10.0 Å². The van der Waals surface area contributed by atoms with Gasteiger partial charge in [0.15, 0.2) is 5.13 Å². The predicted molar refractivity (Wildman–Crippen MR) is 140 cm³/mol. The van der Waals surface area contributed by atoms with Crippen molar-refractivity contribution in [3.8, 4) is 11.4 Å². The summed E-state index contributed by atoms with van der Waals surface area (Å²) in [5, 5.41) is 5.90. The quantitative estimate of drug-likeness (QED) is 0.314. The minimum absolute atomic E-state index is 0. The molecule has 1 aromatic carbocycles.